The van der Waals surface area contributed by atoms with Crippen LogP contribution in [0, 0.1) is 25.2 Å². The Morgan fingerprint density at radius 3 is 2.73 bits per heavy atom. The molecule has 4 heterocycles. The standard InChI is InChI=1S/C30H38FN7O2/c1-20-7-5-9-27(21(20)2)36-14-11-25-26(18-36)33-30(40-19-24-8-6-13-35(24)4)34-28(25)37-15-16-38(29(39)22(3)31)23(17-37)10-12-32/h5,7,9,23-24H,3,6,8,10-11,13-19H2,1-2,4H3/t23-,24?/m0/s1. The first-order valence-electron chi connectivity index (χ1n) is 14.1. The molecule has 0 N–H and O–H groups in total. The van der Waals surface area contributed by atoms with Crippen LogP contribution < -0.4 is 14.5 Å². The van der Waals surface area contributed by atoms with Crippen molar-refractivity contribution in [3.8, 4) is 12.1 Å². The van der Waals surface area contributed by atoms with Crippen LogP contribution in [0.2, 0.25) is 0 Å². The highest BCUT2D eigenvalue weighted by Gasteiger charge is 2.35. The molecular weight excluding hydrogens is 509 g/mol. The molecule has 1 aromatic carbocycles. The highest BCUT2D eigenvalue weighted by molar-refractivity contribution is 5.91. The van der Waals surface area contributed by atoms with Crippen molar-refractivity contribution in [3.05, 3.63) is 53.0 Å². The summed E-state index contributed by atoms with van der Waals surface area (Å²) >= 11 is 0. The van der Waals surface area contributed by atoms with Gasteiger partial charge < -0.3 is 24.3 Å². The molecule has 9 nitrogen and oxygen atoms in total. The molecule has 1 amide bonds. The fraction of sp³-hybridized carbons (Fsp3) is 0.533. The molecule has 0 radical (unpaired) electrons. The molecule has 1 unspecified atom stereocenters. The predicted octanol–water partition coefficient (Wildman–Crippen LogP) is 3.54. The monoisotopic (exact) mass is 547 g/mol. The Hall–Kier alpha value is -3.71. The number of anilines is 2. The number of nitrogens with zero attached hydrogens (tertiary/aromatic N) is 7. The van der Waals surface area contributed by atoms with Gasteiger partial charge in [0, 0.05) is 43.5 Å². The van der Waals surface area contributed by atoms with E-state index in [4.69, 9.17) is 14.7 Å². The number of benzene rings is 1. The van der Waals surface area contributed by atoms with E-state index in [2.05, 4.69) is 66.4 Å². The number of aromatic nitrogens is 2. The normalized spacial score (nSPS) is 21.2. The van der Waals surface area contributed by atoms with Crippen molar-refractivity contribution in [1.82, 2.24) is 19.8 Å². The zero-order valence-electron chi connectivity index (χ0n) is 23.7. The van der Waals surface area contributed by atoms with Gasteiger partial charge in [0.05, 0.1) is 30.8 Å². The third kappa shape index (κ3) is 5.61. The van der Waals surface area contributed by atoms with Crippen LogP contribution in [0.5, 0.6) is 6.01 Å². The van der Waals surface area contributed by atoms with Crippen LogP contribution in [0.4, 0.5) is 15.9 Å². The fourth-order valence-electron chi connectivity index (χ4n) is 6.11. The molecule has 40 heavy (non-hydrogen) atoms. The number of hydrogen-bond donors (Lipinski definition) is 0. The number of amides is 1. The van der Waals surface area contributed by atoms with Gasteiger partial charge in [0.15, 0.2) is 5.83 Å². The summed E-state index contributed by atoms with van der Waals surface area (Å²) in [6.45, 7) is 11.6. The lowest BCUT2D eigenvalue weighted by atomic mass is 10.0. The molecular formula is C30H38FN7O2. The average Bonchev–Trinajstić information content (AvgIpc) is 3.36. The number of rotatable bonds is 7. The topological polar surface area (TPSA) is 88.8 Å². The number of hydrogen-bond acceptors (Lipinski definition) is 8. The van der Waals surface area contributed by atoms with Gasteiger partial charge in [0.2, 0.25) is 0 Å². The lowest BCUT2D eigenvalue weighted by Crippen LogP contribution is -2.55. The van der Waals surface area contributed by atoms with Crippen molar-refractivity contribution >= 4 is 17.4 Å². The first-order chi connectivity index (χ1) is 19.3. The lowest BCUT2D eigenvalue weighted by Gasteiger charge is -2.42. The minimum Gasteiger partial charge on any atom is -0.462 e. The number of fused-ring (bicyclic) bond motifs is 1. The molecule has 5 rings (SSSR count). The molecule has 0 spiro atoms. The van der Waals surface area contributed by atoms with Crippen LogP contribution in [-0.4, -0.2) is 84.1 Å². The Labute approximate surface area is 235 Å². The maximum absolute atomic E-state index is 13.7. The van der Waals surface area contributed by atoms with E-state index in [-0.39, 0.29) is 13.0 Å². The Bertz CT molecular complexity index is 1330. The second-order valence-corrected chi connectivity index (χ2v) is 11.1. The molecule has 2 atom stereocenters. The zero-order chi connectivity index (χ0) is 28.4. The fourth-order valence-corrected chi connectivity index (χ4v) is 6.11. The van der Waals surface area contributed by atoms with Crippen molar-refractivity contribution in [2.45, 2.75) is 58.2 Å². The number of halogens is 1. The van der Waals surface area contributed by atoms with Gasteiger partial charge in [-0.15, -0.1) is 0 Å². The largest absolute Gasteiger partial charge is 0.462 e. The summed E-state index contributed by atoms with van der Waals surface area (Å²) < 4.78 is 20.0. The van der Waals surface area contributed by atoms with Crippen molar-refractivity contribution < 1.29 is 13.9 Å². The van der Waals surface area contributed by atoms with Crippen molar-refractivity contribution in [2.24, 2.45) is 0 Å². The Kier molecular flexibility index (Phi) is 8.22. The van der Waals surface area contributed by atoms with Crippen LogP contribution >= 0.6 is 0 Å². The van der Waals surface area contributed by atoms with E-state index in [1.165, 1.54) is 21.7 Å². The van der Waals surface area contributed by atoms with Crippen molar-refractivity contribution in [1.29, 1.82) is 5.26 Å². The summed E-state index contributed by atoms with van der Waals surface area (Å²) in [4.78, 5) is 30.4. The summed E-state index contributed by atoms with van der Waals surface area (Å²) in [7, 11) is 2.12. The number of ether oxygens (including phenoxy) is 1. The van der Waals surface area contributed by atoms with Gasteiger partial charge >= 0.3 is 6.01 Å². The summed E-state index contributed by atoms with van der Waals surface area (Å²) in [6.07, 6.45) is 3.09. The third-order valence-corrected chi connectivity index (χ3v) is 8.62. The van der Waals surface area contributed by atoms with Gasteiger partial charge in [-0.05, 0) is 63.9 Å². The van der Waals surface area contributed by atoms with E-state index < -0.39 is 17.8 Å². The molecule has 212 valence electrons. The predicted molar refractivity (Wildman–Crippen MR) is 152 cm³/mol. The SMILES string of the molecule is C=C(F)C(=O)N1CCN(c2nc(OCC3CCCN3C)nc3c2CCN(c2cccc(C)c2C)C3)C[C@@H]1CC#N. The van der Waals surface area contributed by atoms with Crippen LogP contribution in [0.1, 0.15) is 41.6 Å². The number of nitriles is 1. The molecule has 3 aliphatic rings. The minimum absolute atomic E-state index is 0.0978. The van der Waals surface area contributed by atoms with E-state index in [9.17, 15) is 14.4 Å². The molecule has 2 saturated heterocycles. The van der Waals surface area contributed by atoms with Crippen LogP contribution in [-0.2, 0) is 17.8 Å². The molecule has 10 heteroatoms. The number of piperazine rings is 1. The Balaban J connectivity index is 1.46. The molecule has 0 aliphatic carbocycles. The number of carbonyl (C=O) groups excluding carboxylic acids is 1. The summed E-state index contributed by atoms with van der Waals surface area (Å²) in [5.41, 5.74) is 5.71. The average molecular weight is 548 g/mol. The van der Waals surface area contributed by atoms with E-state index in [0.29, 0.717) is 38.3 Å². The Morgan fingerprint density at radius 2 is 2.00 bits per heavy atom. The lowest BCUT2D eigenvalue weighted by molar-refractivity contribution is -0.131. The zero-order valence-corrected chi connectivity index (χ0v) is 23.7. The summed E-state index contributed by atoms with van der Waals surface area (Å²) in [5, 5.41) is 9.45. The van der Waals surface area contributed by atoms with E-state index in [1.807, 2.05) is 0 Å². The highest BCUT2D eigenvalue weighted by Crippen LogP contribution is 2.34. The van der Waals surface area contributed by atoms with E-state index >= 15 is 0 Å². The molecule has 1 aromatic heterocycles. The number of likely N-dealkylation sites (N-methyl/N-ethyl adjacent to an activating group) is 1. The molecule has 0 bridgehead atoms. The summed E-state index contributed by atoms with van der Waals surface area (Å²) in [6, 6.07) is 8.75. The number of likely N-dealkylation sites (tertiary alicyclic amines) is 1. The maximum Gasteiger partial charge on any atom is 0.318 e. The molecule has 0 saturated carbocycles. The quantitative estimate of drug-likeness (QED) is 0.487. The van der Waals surface area contributed by atoms with Gasteiger partial charge in [-0.3, -0.25) is 4.79 Å². The van der Waals surface area contributed by atoms with Crippen LogP contribution in [0.15, 0.2) is 30.6 Å². The Morgan fingerprint density at radius 1 is 1.18 bits per heavy atom. The maximum atomic E-state index is 13.7. The van der Waals surface area contributed by atoms with E-state index in [0.717, 1.165) is 49.4 Å². The first-order valence-corrected chi connectivity index (χ1v) is 14.1. The third-order valence-electron chi connectivity index (χ3n) is 8.62. The van der Waals surface area contributed by atoms with Crippen LogP contribution in [0.3, 0.4) is 0 Å². The summed E-state index contributed by atoms with van der Waals surface area (Å²) in [5.74, 6) is -0.970. The second-order valence-electron chi connectivity index (χ2n) is 11.1. The smallest absolute Gasteiger partial charge is 0.318 e. The van der Waals surface area contributed by atoms with Gasteiger partial charge in [0.1, 0.15) is 12.4 Å². The van der Waals surface area contributed by atoms with Gasteiger partial charge in [-0.1, -0.05) is 18.7 Å². The highest BCUT2D eigenvalue weighted by atomic mass is 19.1. The van der Waals surface area contributed by atoms with Crippen molar-refractivity contribution in [3.63, 3.8) is 0 Å². The first kappa shape index (κ1) is 27.8. The molecule has 2 fully saturated rings. The van der Waals surface area contributed by atoms with Crippen LogP contribution in [0.25, 0.3) is 0 Å². The van der Waals surface area contributed by atoms with Crippen molar-refractivity contribution in [2.75, 3.05) is 56.2 Å². The minimum atomic E-state index is -1.00. The van der Waals surface area contributed by atoms with Gasteiger partial charge in [0.25, 0.3) is 5.91 Å². The number of carbonyl (C=O) groups is 1. The second kappa shape index (κ2) is 11.8. The van der Waals surface area contributed by atoms with Gasteiger partial charge in [-0.25, -0.2) is 4.39 Å². The molecule has 3 aliphatic heterocycles. The molecule has 2 aromatic rings. The van der Waals surface area contributed by atoms with E-state index in [1.54, 1.807) is 0 Å². The number of aryl methyl sites for hydroxylation is 1. The van der Waals surface area contributed by atoms with Gasteiger partial charge in [-0.2, -0.15) is 15.2 Å².